The van der Waals surface area contributed by atoms with E-state index in [-0.39, 0.29) is 17.7 Å². The first-order valence-electron chi connectivity index (χ1n) is 5.60. The van der Waals surface area contributed by atoms with Crippen LogP contribution in [0.5, 0.6) is 0 Å². The van der Waals surface area contributed by atoms with E-state index < -0.39 is 0 Å². The Kier molecular flexibility index (Phi) is 2.66. The molecule has 0 spiro atoms. The average molecular weight is 308 g/mol. The number of imide groups is 1. The van der Waals surface area contributed by atoms with Crippen molar-refractivity contribution >= 4 is 33.3 Å². The number of fused-ring (bicyclic) bond motifs is 1. The maximum atomic E-state index is 11.8. The molecule has 5 nitrogen and oxygen atoms in total. The summed E-state index contributed by atoms with van der Waals surface area (Å²) in [7, 11) is 0. The summed E-state index contributed by atoms with van der Waals surface area (Å²) < 4.78 is 2.76. The van der Waals surface area contributed by atoms with Gasteiger partial charge in [-0.3, -0.25) is 14.9 Å². The maximum Gasteiger partial charge on any atom is 0.234 e. The molecule has 1 saturated heterocycles. The highest BCUT2D eigenvalue weighted by atomic mass is 79.9. The van der Waals surface area contributed by atoms with Crippen molar-refractivity contribution in [2.24, 2.45) is 0 Å². The molecule has 0 bridgehead atoms. The number of piperidine rings is 1. The molecular weight excluding hydrogens is 298 g/mol. The molecule has 1 aliphatic rings. The van der Waals surface area contributed by atoms with Gasteiger partial charge in [-0.15, -0.1) is 0 Å². The second-order valence-electron chi connectivity index (χ2n) is 4.31. The van der Waals surface area contributed by atoms with Gasteiger partial charge in [-0.2, -0.15) is 0 Å². The summed E-state index contributed by atoms with van der Waals surface area (Å²) in [5, 5.41) is 2.37. The summed E-state index contributed by atoms with van der Waals surface area (Å²) in [6, 6.07) is 1.91. The van der Waals surface area contributed by atoms with Crippen molar-refractivity contribution in [3.63, 3.8) is 0 Å². The first kappa shape index (κ1) is 11.4. The number of hydrogen-bond donors (Lipinski definition) is 1. The van der Waals surface area contributed by atoms with Crippen molar-refractivity contribution < 1.29 is 9.59 Å². The van der Waals surface area contributed by atoms with Gasteiger partial charge in [-0.05, 0) is 34.0 Å². The highest BCUT2D eigenvalue weighted by molar-refractivity contribution is 9.10. The van der Waals surface area contributed by atoms with Crippen LogP contribution in [-0.4, -0.2) is 21.2 Å². The molecule has 1 aliphatic heterocycles. The maximum absolute atomic E-state index is 11.8. The van der Waals surface area contributed by atoms with Gasteiger partial charge in [-0.1, -0.05) is 0 Å². The fourth-order valence-electron chi connectivity index (χ4n) is 2.21. The molecule has 6 heteroatoms. The van der Waals surface area contributed by atoms with Crippen LogP contribution in [0.4, 0.5) is 0 Å². The van der Waals surface area contributed by atoms with E-state index >= 15 is 0 Å². The number of pyridine rings is 1. The highest BCUT2D eigenvalue weighted by Crippen LogP contribution is 2.28. The Balaban J connectivity index is 2.03. The van der Waals surface area contributed by atoms with Gasteiger partial charge in [0.05, 0.1) is 24.0 Å². The zero-order valence-corrected chi connectivity index (χ0v) is 11.0. The van der Waals surface area contributed by atoms with E-state index in [9.17, 15) is 9.59 Å². The zero-order chi connectivity index (χ0) is 12.7. The third-order valence-electron chi connectivity index (χ3n) is 3.13. The predicted molar refractivity (Wildman–Crippen MR) is 68.0 cm³/mol. The molecule has 0 aromatic carbocycles. The SMILES string of the molecule is O=C1CCC(c2cc(Br)c3cncn3c2)C(=O)N1. The van der Waals surface area contributed by atoms with E-state index in [1.165, 1.54) is 0 Å². The molecule has 1 unspecified atom stereocenters. The Morgan fingerprint density at radius 3 is 3.06 bits per heavy atom. The zero-order valence-electron chi connectivity index (χ0n) is 9.39. The van der Waals surface area contributed by atoms with Crippen LogP contribution in [0.3, 0.4) is 0 Å². The molecule has 3 heterocycles. The van der Waals surface area contributed by atoms with E-state index in [1.807, 2.05) is 16.7 Å². The van der Waals surface area contributed by atoms with Crippen LogP contribution in [0.1, 0.15) is 24.3 Å². The number of aromatic nitrogens is 2. The monoisotopic (exact) mass is 307 g/mol. The van der Waals surface area contributed by atoms with Gasteiger partial charge in [0.15, 0.2) is 0 Å². The van der Waals surface area contributed by atoms with Crippen LogP contribution in [0.2, 0.25) is 0 Å². The number of hydrogen-bond acceptors (Lipinski definition) is 3. The smallest absolute Gasteiger partial charge is 0.234 e. The molecule has 1 atom stereocenters. The number of nitrogens with one attached hydrogen (secondary N) is 1. The molecule has 3 rings (SSSR count). The van der Waals surface area contributed by atoms with Crippen molar-refractivity contribution in [3.05, 3.63) is 34.8 Å². The largest absolute Gasteiger partial charge is 0.305 e. The molecule has 0 aliphatic carbocycles. The lowest BCUT2D eigenvalue weighted by atomic mass is 9.91. The standard InChI is InChI=1S/C12H10BrN3O2/c13-9-3-7(5-16-6-14-4-10(9)16)8-1-2-11(17)15-12(8)18/h3-6,8H,1-2H2,(H,15,17,18). The van der Waals surface area contributed by atoms with Crippen molar-refractivity contribution in [2.75, 3.05) is 0 Å². The summed E-state index contributed by atoms with van der Waals surface area (Å²) in [4.78, 5) is 27.0. The summed E-state index contributed by atoms with van der Waals surface area (Å²) in [5.74, 6) is -0.692. The first-order valence-corrected chi connectivity index (χ1v) is 6.39. The second kappa shape index (κ2) is 4.20. The number of carbonyl (C=O) groups excluding carboxylic acids is 2. The number of nitrogens with zero attached hydrogens (tertiary/aromatic N) is 2. The minimum atomic E-state index is -0.272. The normalized spacial score (nSPS) is 20.2. The van der Waals surface area contributed by atoms with Gasteiger partial charge in [0, 0.05) is 17.1 Å². The summed E-state index contributed by atoms with van der Waals surface area (Å²) in [6.45, 7) is 0. The van der Waals surface area contributed by atoms with Crippen LogP contribution in [-0.2, 0) is 9.59 Å². The van der Waals surface area contributed by atoms with Crippen LogP contribution < -0.4 is 5.32 Å². The third-order valence-corrected chi connectivity index (χ3v) is 3.77. The molecule has 92 valence electrons. The first-order chi connectivity index (χ1) is 8.65. The summed E-state index contributed by atoms with van der Waals surface area (Å²) in [5.41, 5.74) is 1.84. The number of halogens is 1. The van der Waals surface area contributed by atoms with E-state index in [0.29, 0.717) is 12.8 Å². The van der Waals surface area contributed by atoms with Crippen LogP contribution in [0.25, 0.3) is 5.52 Å². The van der Waals surface area contributed by atoms with E-state index in [4.69, 9.17) is 0 Å². The van der Waals surface area contributed by atoms with Crippen LogP contribution >= 0.6 is 15.9 Å². The van der Waals surface area contributed by atoms with Gasteiger partial charge < -0.3 is 4.40 Å². The molecule has 2 aromatic rings. The van der Waals surface area contributed by atoms with Crippen molar-refractivity contribution in [3.8, 4) is 0 Å². The molecule has 2 amide bonds. The molecule has 2 aromatic heterocycles. The Labute approximate surface area is 111 Å². The van der Waals surface area contributed by atoms with Crippen molar-refractivity contribution in [2.45, 2.75) is 18.8 Å². The Morgan fingerprint density at radius 2 is 2.28 bits per heavy atom. The lowest BCUT2D eigenvalue weighted by molar-refractivity contribution is -0.134. The number of carbonyl (C=O) groups is 2. The quantitative estimate of drug-likeness (QED) is 0.814. The fraction of sp³-hybridized carbons (Fsp3) is 0.250. The topological polar surface area (TPSA) is 63.5 Å². The Hall–Kier alpha value is -1.69. The van der Waals surface area contributed by atoms with Crippen LogP contribution in [0, 0.1) is 0 Å². The second-order valence-corrected chi connectivity index (χ2v) is 5.17. The van der Waals surface area contributed by atoms with Crippen LogP contribution in [0.15, 0.2) is 29.3 Å². The van der Waals surface area contributed by atoms with Gasteiger partial charge in [0.1, 0.15) is 0 Å². The lowest BCUT2D eigenvalue weighted by Gasteiger charge is -2.21. The van der Waals surface area contributed by atoms with Gasteiger partial charge in [0.2, 0.25) is 11.8 Å². The lowest BCUT2D eigenvalue weighted by Crippen LogP contribution is -2.39. The van der Waals surface area contributed by atoms with E-state index in [1.54, 1.807) is 12.5 Å². The molecule has 18 heavy (non-hydrogen) atoms. The average Bonchev–Trinajstić information content (AvgIpc) is 2.77. The number of imidazole rings is 1. The Bertz CT molecular complexity index is 650. The van der Waals surface area contributed by atoms with Crippen molar-refractivity contribution in [1.82, 2.24) is 14.7 Å². The Morgan fingerprint density at radius 1 is 1.44 bits per heavy atom. The third kappa shape index (κ3) is 1.82. The summed E-state index contributed by atoms with van der Waals surface area (Å²) in [6.07, 6.45) is 6.26. The summed E-state index contributed by atoms with van der Waals surface area (Å²) >= 11 is 3.47. The van der Waals surface area contributed by atoms with Gasteiger partial charge >= 0.3 is 0 Å². The fourth-order valence-corrected chi connectivity index (χ4v) is 2.78. The molecule has 1 N–H and O–H groups in total. The molecule has 1 fully saturated rings. The number of amides is 2. The molecule has 0 radical (unpaired) electrons. The minimum absolute atomic E-state index is 0.195. The number of rotatable bonds is 1. The molecule has 0 saturated carbocycles. The highest BCUT2D eigenvalue weighted by Gasteiger charge is 2.28. The van der Waals surface area contributed by atoms with Crippen molar-refractivity contribution in [1.29, 1.82) is 0 Å². The van der Waals surface area contributed by atoms with Gasteiger partial charge in [0.25, 0.3) is 0 Å². The van der Waals surface area contributed by atoms with E-state index in [0.717, 1.165) is 15.6 Å². The minimum Gasteiger partial charge on any atom is -0.305 e. The molecular formula is C12H10BrN3O2. The van der Waals surface area contributed by atoms with Gasteiger partial charge in [-0.25, -0.2) is 4.98 Å². The van der Waals surface area contributed by atoms with E-state index in [2.05, 4.69) is 26.2 Å². The predicted octanol–water partition coefficient (Wildman–Crippen LogP) is 1.62.